The minimum atomic E-state index is -0.754. The van der Waals surface area contributed by atoms with Gasteiger partial charge in [0.2, 0.25) is 10.9 Å². The van der Waals surface area contributed by atoms with Crippen LogP contribution in [0.15, 0.2) is 45.6 Å². The fourth-order valence-electron chi connectivity index (χ4n) is 3.94. The van der Waals surface area contributed by atoms with Crippen LogP contribution in [0.25, 0.3) is 11.0 Å². The van der Waals surface area contributed by atoms with Crippen molar-refractivity contribution in [2.75, 3.05) is 4.90 Å². The number of nitrogens with zero attached hydrogens (tertiary/aromatic N) is 3. The molecule has 2 aromatic heterocycles. The molecule has 1 aliphatic rings. The highest BCUT2D eigenvalue weighted by Crippen LogP contribution is 2.43. The molecule has 6 nitrogen and oxygen atoms in total. The molecule has 1 atom stereocenters. The molecule has 32 heavy (non-hydrogen) atoms. The minimum absolute atomic E-state index is 0.00895. The Balaban J connectivity index is 1.78. The van der Waals surface area contributed by atoms with Gasteiger partial charge in [-0.05, 0) is 43.2 Å². The van der Waals surface area contributed by atoms with E-state index in [1.165, 1.54) is 16.2 Å². The second-order valence-electron chi connectivity index (χ2n) is 7.65. The Morgan fingerprint density at radius 3 is 2.66 bits per heavy atom. The molecule has 1 amide bonds. The molecule has 0 spiro atoms. The number of aromatic nitrogens is 2. The van der Waals surface area contributed by atoms with Crippen LogP contribution in [-0.4, -0.2) is 16.1 Å². The number of hydrogen-bond donors (Lipinski definition) is 0. The van der Waals surface area contributed by atoms with Crippen molar-refractivity contribution in [3.8, 4) is 0 Å². The highest BCUT2D eigenvalue weighted by atomic mass is 35.5. The average Bonchev–Trinajstić information content (AvgIpc) is 3.33. The van der Waals surface area contributed by atoms with Crippen molar-refractivity contribution < 1.29 is 9.21 Å². The normalized spacial score (nSPS) is 15.6. The van der Waals surface area contributed by atoms with Crippen LogP contribution in [0.3, 0.4) is 0 Å². The van der Waals surface area contributed by atoms with E-state index in [0.29, 0.717) is 31.7 Å². The second-order valence-corrected chi connectivity index (χ2v) is 9.51. The van der Waals surface area contributed by atoms with Gasteiger partial charge in [0.1, 0.15) is 10.6 Å². The summed E-state index contributed by atoms with van der Waals surface area (Å²) in [5, 5.41) is 10.8. The first-order valence-corrected chi connectivity index (χ1v) is 11.6. The number of rotatable bonds is 4. The third-order valence-electron chi connectivity index (χ3n) is 5.41. The van der Waals surface area contributed by atoms with Crippen LogP contribution in [0.2, 0.25) is 10.0 Å². The largest absolute Gasteiger partial charge is 0.450 e. The summed E-state index contributed by atoms with van der Waals surface area (Å²) in [6.07, 6.45) is 1.66. The van der Waals surface area contributed by atoms with Gasteiger partial charge in [-0.25, -0.2) is 0 Å². The quantitative estimate of drug-likeness (QED) is 0.356. The summed E-state index contributed by atoms with van der Waals surface area (Å²) in [6.45, 7) is 3.95. The van der Waals surface area contributed by atoms with E-state index in [9.17, 15) is 9.59 Å². The van der Waals surface area contributed by atoms with E-state index in [4.69, 9.17) is 27.6 Å². The summed E-state index contributed by atoms with van der Waals surface area (Å²) in [4.78, 5) is 28.6. The Kier molecular flexibility index (Phi) is 5.28. The van der Waals surface area contributed by atoms with Gasteiger partial charge in [0, 0.05) is 6.42 Å². The van der Waals surface area contributed by atoms with Crippen LogP contribution in [0.4, 0.5) is 5.13 Å². The van der Waals surface area contributed by atoms with Crippen molar-refractivity contribution >= 4 is 56.5 Å². The predicted molar refractivity (Wildman–Crippen MR) is 126 cm³/mol. The molecule has 0 fully saturated rings. The van der Waals surface area contributed by atoms with E-state index in [1.807, 2.05) is 19.9 Å². The fraction of sp³-hybridized carbons (Fsp3) is 0.217. The lowest BCUT2D eigenvalue weighted by atomic mass is 9.98. The Morgan fingerprint density at radius 2 is 1.91 bits per heavy atom. The number of fused-ring (bicyclic) bond motifs is 2. The molecular formula is C23H17Cl2N3O3S. The number of amides is 1. The number of halogens is 2. The van der Waals surface area contributed by atoms with Crippen LogP contribution >= 0.6 is 34.5 Å². The molecule has 0 bridgehead atoms. The van der Waals surface area contributed by atoms with E-state index >= 15 is 0 Å². The lowest BCUT2D eigenvalue weighted by Gasteiger charge is -2.22. The summed E-state index contributed by atoms with van der Waals surface area (Å²) in [7, 11) is 0. The topological polar surface area (TPSA) is 76.3 Å². The lowest BCUT2D eigenvalue weighted by Crippen LogP contribution is -2.29. The number of hydrogen-bond acceptors (Lipinski definition) is 6. The van der Waals surface area contributed by atoms with Crippen molar-refractivity contribution in [2.24, 2.45) is 0 Å². The Morgan fingerprint density at radius 1 is 1.09 bits per heavy atom. The molecule has 162 valence electrons. The average molecular weight is 486 g/mol. The SMILES string of the molecule is CCCc1nnc(N2C(=O)c3oc4ccc(C)cc4c(=O)c3C2c2ccc(Cl)c(Cl)c2)s1. The van der Waals surface area contributed by atoms with Crippen molar-refractivity contribution in [3.63, 3.8) is 0 Å². The summed E-state index contributed by atoms with van der Waals surface area (Å²) in [6, 6.07) is 9.63. The van der Waals surface area contributed by atoms with Crippen molar-refractivity contribution in [2.45, 2.75) is 32.7 Å². The van der Waals surface area contributed by atoms with E-state index in [0.717, 1.165) is 23.4 Å². The molecule has 0 saturated carbocycles. The molecule has 0 N–H and O–H groups in total. The van der Waals surface area contributed by atoms with Crippen LogP contribution < -0.4 is 10.3 Å². The maximum atomic E-state index is 13.6. The highest BCUT2D eigenvalue weighted by molar-refractivity contribution is 7.15. The summed E-state index contributed by atoms with van der Waals surface area (Å²) in [5.41, 5.74) is 1.93. The van der Waals surface area contributed by atoms with Gasteiger partial charge in [0.05, 0.1) is 27.0 Å². The molecule has 0 saturated heterocycles. The van der Waals surface area contributed by atoms with E-state index in [2.05, 4.69) is 10.2 Å². The first kappa shape index (κ1) is 21.1. The van der Waals surface area contributed by atoms with Crippen LogP contribution in [-0.2, 0) is 6.42 Å². The standard InChI is InChI=1S/C23H17Cl2N3O3S/c1-3-4-17-26-27-23(32-17)28-19(12-6-7-14(24)15(25)10-12)18-20(29)13-9-11(2)5-8-16(13)31-21(18)22(28)30/h5-10,19H,3-4H2,1-2H3. The van der Waals surface area contributed by atoms with Gasteiger partial charge in [-0.2, -0.15) is 0 Å². The maximum Gasteiger partial charge on any atom is 0.297 e. The number of anilines is 1. The van der Waals surface area contributed by atoms with Crippen LogP contribution in [0, 0.1) is 6.92 Å². The summed E-state index contributed by atoms with van der Waals surface area (Å²) in [5.74, 6) is -0.426. The monoisotopic (exact) mass is 485 g/mol. The van der Waals surface area contributed by atoms with Gasteiger partial charge in [-0.1, -0.05) is 59.2 Å². The third kappa shape index (κ3) is 3.32. The first-order valence-electron chi connectivity index (χ1n) is 10.1. The summed E-state index contributed by atoms with van der Waals surface area (Å²) >= 11 is 13.7. The molecule has 0 aliphatic carbocycles. The van der Waals surface area contributed by atoms with Gasteiger partial charge in [0.25, 0.3) is 5.91 Å². The van der Waals surface area contributed by atoms with Crippen molar-refractivity contribution in [1.29, 1.82) is 0 Å². The third-order valence-corrected chi connectivity index (χ3v) is 7.13. The van der Waals surface area contributed by atoms with E-state index in [-0.39, 0.29) is 16.8 Å². The lowest BCUT2D eigenvalue weighted by molar-refractivity contribution is 0.0970. The number of benzene rings is 2. The van der Waals surface area contributed by atoms with Gasteiger partial charge in [-0.3, -0.25) is 14.5 Å². The van der Waals surface area contributed by atoms with Crippen molar-refractivity contribution in [1.82, 2.24) is 10.2 Å². The van der Waals surface area contributed by atoms with Gasteiger partial charge >= 0.3 is 0 Å². The maximum absolute atomic E-state index is 13.6. The van der Waals surface area contributed by atoms with Crippen molar-refractivity contribution in [3.05, 3.63) is 84.1 Å². The Hall–Kier alpha value is -2.74. The predicted octanol–water partition coefficient (Wildman–Crippen LogP) is 5.96. The molecule has 4 aromatic rings. The summed E-state index contributed by atoms with van der Waals surface area (Å²) < 4.78 is 5.97. The van der Waals surface area contributed by atoms with E-state index in [1.54, 1.807) is 30.3 Å². The smallest absolute Gasteiger partial charge is 0.297 e. The number of carbonyl (C=O) groups excluding carboxylic acids is 1. The molecular weight excluding hydrogens is 469 g/mol. The molecule has 0 radical (unpaired) electrons. The molecule has 9 heteroatoms. The van der Waals surface area contributed by atoms with E-state index < -0.39 is 11.9 Å². The molecule has 1 unspecified atom stereocenters. The van der Waals surface area contributed by atoms with Gasteiger partial charge in [0.15, 0.2) is 5.43 Å². The van der Waals surface area contributed by atoms with Gasteiger partial charge in [-0.15, -0.1) is 10.2 Å². The number of carbonyl (C=O) groups is 1. The van der Waals surface area contributed by atoms with Crippen LogP contribution in [0.1, 0.15) is 51.6 Å². The zero-order chi connectivity index (χ0) is 22.6. The minimum Gasteiger partial charge on any atom is -0.450 e. The van der Waals surface area contributed by atoms with Crippen LogP contribution in [0.5, 0.6) is 0 Å². The Bertz CT molecular complexity index is 1450. The fourth-order valence-corrected chi connectivity index (χ4v) is 5.21. The Labute approximate surface area is 197 Å². The molecule has 5 rings (SSSR count). The second kappa shape index (κ2) is 7.99. The highest BCUT2D eigenvalue weighted by Gasteiger charge is 2.45. The molecule has 1 aliphatic heterocycles. The zero-order valence-corrected chi connectivity index (χ0v) is 19.5. The van der Waals surface area contributed by atoms with Gasteiger partial charge < -0.3 is 4.42 Å². The molecule has 2 aromatic carbocycles. The number of aryl methyl sites for hydroxylation is 2. The molecule has 3 heterocycles. The first-order chi connectivity index (χ1) is 15.4. The zero-order valence-electron chi connectivity index (χ0n) is 17.2.